The standard InChI is InChI=1S/C25H19FN4O4/c1-2-34-19-7-8-20-21(13-19)30(14-16-3-5-17(26)6-4-16)24(28-15-31)22(20)23(32)25(33)29-18-9-11-27-12-10-18/h3-13H,2,14H2,1H3,(H,27,29,33). The molecule has 1 N–H and O–H groups in total. The fourth-order valence-corrected chi connectivity index (χ4v) is 3.62. The maximum atomic E-state index is 13.4. The van der Waals surface area contributed by atoms with E-state index in [1.54, 1.807) is 47.0 Å². The molecule has 2 aromatic heterocycles. The molecule has 9 heteroatoms. The molecule has 0 aliphatic rings. The summed E-state index contributed by atoms with van der Waals surface area (Å²) in [6, 6.07) is 13.9. The van der Waals surface area contributed by atoms with Gasteiger partial charge in [0.1, 0.15) is 11.6 Å². The Hall–Kier alpha value is -4.62. The molecular formula is C25H19FN4O4. The zero-order valence-electron chi connectivity index (χ0n) is 18.1. The van der Waals surface area contributed by atoms with Crippen LogP contribution in [0.1, 0.15) is 22.8 Å². The number of hydrogen-bond acceptors (Lipinski definition) is 6. The molecule has 8 nitrogen and oxygen atoms in total. The summed E-state index contributed by atoms with van der Waals surface area (Å²) in [7, 11) is 0. The number of Topliss-reactive ketones (excluding diaryl/α,β-unsaturated/α-hetero) is 1. The van der Waals surface area contributed by atoms with Crippen molar-refractivity contribution in [1.29, 1.82) is 0 Å². The Balaban J connectivity index is 1.86. The van der Waals surface area contributed by atoms with Gasteiger partial charge in [-0.15, -0.1) is 4.99 Å². The zero-order chi connectivity index (χ0) is 24.1. The topological polar surface area (TPSA) is 103 Å². The number of isocyanates is 1. The number of rotatable bonds is 8. The quantitative estimate of drug-likeness (QED) is 0.182. The first-order chi connectivity index (χ1) is 16.5. The van der Waals surface area contributed by atoms with Crippen molar-refractivity contribution in [3.05, 3.63) is 83.9 Å². The third-order valence-corrected chi connectivity index (χ3v) is 5.10. The molecule has 4 rings (SSSR count). The minimum atomic E-state index is -0.900. The number of nitrogens with one attached hydrogen (secondary N) is 1. The van der Waals surface area contributed by atoms with Gasteiger partial charge in [-0.1, -0.05) is 12.1 Å². The number of pyridine rings is 1. The van der Waals surface area contributed by atoms with Crippen LogP contribution in [-0.4, -0.2) is 33.9 Å². The van der Waals surface area contributed by atoms with Gasteiger partial charge >= 0.3 is 0 Å². The molecule has 0 fully saturated rings. The number of ether oxygens (including phenoxy) is 1. The summed E-state index contributed by atoms with van der Waals surface area (Å²) in [6.07, 6.45) is 4.43. The minimum absolute atomic E-state index is 0.0298. The monoisotopic (exact) mass is 458 g/mol. The fraction of sp³-hybridized carbons (Fsp3) is 0.120. The van der Waals surface area contributed by atoms with Gasteiger partial charge in [0.2, 0.25) is 6.08 Å². The van der Waals surface area contributed by atoms with Crippen LogP contribution in [-0.2, 0) is 16.1 Å². The van der Waals surface area contributed by atoms with E-state index in [-0.39, 0.29) is 17.9 Å². The number of carbonyl (C=O) groups excluding carboxylic acids is 3. The summed E-state index contributed by atoms with van der Waals surface area (Å²) in [5, 5.41) is 2.94. The van der Waals surface area contributed by atoms with Crippen LogP contribution in [0.2, 0.25) is 0 Å². The highest BCUT2D eigenvalue weighted by Crippen LogP contribution is 2.36. The van der Waals surface area contributed by atoms with Gasteiger partial charge in [0, 0.05) is 36.1 Å². The highest BCUT2D eigenvalue weighted by atomic mass is 19.1. The van der Waals surface area contributed by atoms with E-state index in [1.807, 2.05) is 6.92 Å². The van der Waals surface area contributed by atoms with E-state index in [1.165, 1.54) is 30.6 Å². The number of fused-ring (bicyclic) bond motifs is 1. The number of hydrogen-bond donors (Lipinski definition) is 1. The Kier molecular flexibility index (Phi) is 6.57. The van der Waals surface area contributed by atoms with Gasteiger partial charge in [-0.25, -0.2) is 9.18 Å². The highest BCUT2D eigenvalue weighted by molar-refractivity contribution is 6.49. The molecule has 170 valence electrons. The van der Waals surface area contributed by atoms with Crippen molar-refractivity contribution in [2.45, 2.75) is 13.5 Å². The molecule has 0 atom stereocenters. The number of ketones is 1. The summed E-state index contributed by atoms with van der Waals surface area (Å²) in [5.74, 6) is -1.66. The third kappa shape index (κ3) is 4.60. The Labute approximate surface area is 193 Å². The molecule has 0 saturated heterocycles. The summed E-state index contributed by atoms with van der Waals surface area (Å²) in [6.45, 7) is 2.41. The third-order valence-electron chi connectivity index (χ3n) is 5.10. The predicted molar refractivity (Wildman–Crippen MR) is 124 cm³/mol. The Morgan fingerprint density at radius 2 is 1.85 bits per heavy atom. The lowest BCUT2D eigenvalue weighted by atomic mass is 10.1. The molecule has 0 aliphatic carbocycles. The van der Waals surface area contributed by atoms with Crippen LogP contribution in [0.3, 0.4) is 0 Å². The molecule has 34 heavy (non-hydrogen) atoms. The van der Waals surface area contributed by atoms with Crippen molar-refractivity contribution in [3.63, 3.8) is 0 Å². The second-order valence-corrected chi connectivity index (χ2v) is 7.25. The first kappa shape index (κ1) is 22.6. The molecule has 4 aromatic rings. The van der Waals surface area contributed by atoms with Gasteiger partial charge in [-0.05, 0) is 48.9 Å². The Morgan fingerprint density at radius 1 is 1.12 bits per heavy atom. The van der Waals surface area contributed by atoms with Crippen molar-refractivity contribution in [2.75, 3.05) is 11.9 Å². The number of amides is 1. The van der Waals surface area contributed by atoms with Crippen LogP contribution in [0.15, 0.2) is 72.0 Å². The van der Waals surface area contributed by atoms with E-state index in [4.69, 9.17) is 4.74 Å². The average molecular weight is 458 g/mol. The van der Waals surface area contributed by atoms with Crippen LogP contribution in [0, 0.1) is 5.82 Å². The average Bonchev–Trinajstić information content (AvgIpc) is 3.13. The number of halogens is 1. The van der Waals surface area contributed by atoms with Crippen molar-refractivity contribution < 1.29 is 23.5 Å². The second-order valence-electron chi connectivity index (χ2n) is 7.25. The molecule has 0 unspecified atom stereocenters. The molecule has 0 bridgehead atoms. The van der Waals surface area contributed by atoms with Crippen LogP contribution >= 0.6 is 0 Å². The van der Waals surface area contributed by atoms with E-state index in [9.17, 15) is 18.8 Å². The van der Waals surface area contributed by atoms with Gasteiger partial charge in [0.05, 0.1) is 17.7 Å². The molecule has 1 amide bonds. The van der Waals surface area contributed by atoms with E-state index >= 15 is 0 Å². The Morgan fingerprint density at radius 3 is 2.53 bits per heavy atom. The maximum absolute atomic E-state index is 13.4. The number of aliphatic imine (C=N–C) groups is 1. The summed E-state index contributed by atoms with van der Waals surface area (Å²) in [4.78, 5) is 45.0. The molecule has 0 saturated carbocycles. The van der Waals surface area contributed by atoms with Gasteiger partial charge in [-0.2, -0.15) is 0 Å². The Bertz CT molecular complexity index is 1410. The van der Waals surface area contributed by atoms with E-state index in [2.05, 4.69) is 15.3 Å². The zero-order valence-corrected chi connectivity index (χ0v) is 18.1. The van der Waals surface area contributed by atoms with Crippen LogP contribution in [0.4, 0.5) is 15.9 Å². The first-order valence-corrected chi connectivity index (χ1v) is 10.4. The molecule has 0 aliphatic heterocycles. The number of carbonyl (C=O) groups is 2. The fourth-order valence-electron chi connectivity index (χ4n) is 3.62. The lowest BCUT2D eigenvalue weighted by molar-refractivity contribution is -0.112. The van der Waals surface area contributed by atoms with Crippen molar-refractivity contribution in [3.8, 4) is 5.75 Å². The van der Waals surface area contributed by atoms with Crippen molar-refractivity contribution >= 4 is 40.2 Å². The minimum Gasteiger partial charge on any atom is -0.494 e. The van der Waals surface area contributed by atoms with Crippen LogP contribution in [0.5, 0.6) is 5.75 Å². The van der Waals surface area contributed by atoms with E-state index < -0.39 is 17.5 Å². The van der Waals surface area contributed by atoms with Crippen molar-refractivity contribution in [1.82, 2.24) is 9.55 Å². The molecular weight excluding hydrogens is 439 g/mol. The summed E-state index contributed by atoms with van der Waals surface area (Å²) in [5.41, 5.74) is 1.56. The largest absolute Gasteiger partial charge is 0.494 e. The van der Waals surface area contributed by atoms with Crippen molar-refractivity contribution in [2.24, 2.45) is 4.99 Å². The molecule has 0 radical (unpaired) electrons. The van der Waals surface area contributed by atoms with Crippen LogP contribution < -0.4 is 10.1 Å². The van der Waals surface area contributed by atoms with Gasteiger partial charge < -0.3 is 14.6 Å². The molecule has 2 aromatic carbocycles. The number of nitrogens with zero attached hydrogens (tertiary/aromatic N) is 3. The lowest BCUT2D eigenvalue weighted by Gasteiger charge is -2.09. The molecule has 2 heterocycles. The predicted octanol–water partition coefficient (Wildman–Crippen LogP) is 4.41. The van der Waals surface area contributed by atoms with Crippen LogP contribution in [0.25, 0.3) is 10.9 Å². The van der Waals surface area contributed by atoms with E-state index in [0.717, 1.165) is 0 Å². The smallest absolute Gasteiger partial charge is 0.296 e. The summed E-state index contributed by atoms with van der Waals surface area (Å²) < 4.78 is 20.6. The second kappa shape index (κ2) is 9.89. The SMILES string of the molecule is CCOc1ccc2c(C(=O)C(=O)Nc3ccncc3)c(N=C=O)n(Cc3ccc(F)cc3)c2c1. The highest BCUT2D eigenvalue weighted by Gasteiger charge is 2.28. The number of benzene rings is 2. The lowest BCUT2D eigenvalue weighted by Crippen LogP contribution is -2.23. The summed E-state index contributed by atoms with van der Waals surface area (Å²) >= 11 is 0. The van der Waals surface area contributed by atoms with Gasteiger partial charge in [0.15, 0.2) is 5.82 Å². The van der Waals surface area contributed by atoms with Gasteiger partial charge in [0.25, 0.3) is 11.7 Å². The number of aromatic nitrogens is 2. The van der Waals surface area contributed by atoms with E-state index in [0.29, 0.717) is 34.5 Å². The maximum Gasteiger partial charge on any atom is 0.296 e. The number of anilines is 1. The van der Waals surface area contributed by atoms with Gasteiger partial charge in [-0.3, -0.25) is 14.6 Å². The normalized spacial score (nSPS) is 10.5. The molecule has 0 spiro atoms. The first-order valence-electron chi connectivity index (χ1n) is 10.4.